The predicted molar refractivity (Wildman–Crippen MR) is 72.0 cm³/mol. The van der Waals surface area contributed by atoms with Crippen LogP contribution in [-0.4, -0.2) is 9.97 Å². The molecule has 2 N–H and O–H groups in total. The molecule has 1 aromatic carbocycles. The fourth-order valence-electron chi connectivity index (χ4n) is 1.39. The molecule has 0 bridgehead atoms. The second-order valence-corrected chi connectivity index (χ2v) is 4.42. The minimum absolute atomic E-state index is 0.107. The van der Waals surface area contributed by atoms with Crippen molar-refractivity contribution in [2.75, 3.05) is 5.73 Å². The van der Waals surface area contributed by atoms with Gasteiger partial charge < -0.3 is 10.5 Å². The zero-order chi connectivity index (χ0) is 13.1. The van der Waals surface area contributed by atoms with E-state index < -0.39 is 0 Å². The van der Waals surface area contributed by atoms with Gasteiger partial charge in [-0.25, -0.2) is 4.98 Å². The molecule has 94 valence electrons. The molecule has 1 heterocycles. The zero-order valence-electron chi connectivity index (χ0n) is 9.65. The highest BCUT2D eigenvalue weighted by atomic mass is 35.5. The largest absolute Gasteiger partial charge is 0.471 e. The van der Waals surface area contributed by atoms with Crippen molar-refractivity contribution in [1.29, 1.82) is 0 Å². The van der Waals surface area contributed by atoms with Crippen molar-refractivity contribution in [3.8, 4) is 5.88 Å². The summed E-state index contributed by atoms with van der Waals surface area (Å²) in [6.07, 6.45) is 0. The maximum absolute atomic E-state index is 6.02. The molecule has 6 heteroatoms. The van der Waals surface area contributed by atoms with Gasteiger partial charge in [-0.3, -0.25) is 0 Å². The number of halogens is 2. The van der Waals surface area contributed by atoms with E-state index in [1.54, 1.807) is 13.0 Å². The van der Waals surface area contributed by atoms with Crippen LogP contribution in [0.1, 0.15) is 11.3 Å². The molecular formula is C12H11Cl2N3O. The molecule has 18 heavy (non-hydrogen) atoms. The van der Waals surface area contributed by atoms with E-state index in [1.165, 1.54) is 0 Å². The molecule has 2 rings (SSSR count). The van der Waals surface area contributed by atoms with E-state index in [9.17, 15) is 0 Å². The molecule has 2 aromatic rings. The molecule has 0 radical (unpaired) electrons. The van der Waals surface area contributed by atoms with Crippen molar-refractivity contribution >= 4 is 28.9 Å². The van der Waals surface area contributed by atoms with Gasteiger partial charge >= 0.3 is 0 Å². The minimum Gasteiger partial charge on any atom is -0.471 e. The molecule has 1 aromatic heterocycles. The van der Waals surface area contributed by atoms with Gasteiger partial charge in [0.05, 0.1) is 5.69 Å². The Balaban J connectivity index is 2.18. The van der Waals surface area contributed by atoms with Gasteiger partial charge in [0.25, 0.3) is 0 Å². The van der Waals surface area contributed by atoms with Crippen LogP contribution >= 0.6 is 23.2 Å². The van der Waals surface area contributed by atoms with Crippen LogP contribution in [0.15, 0.2) is 24.3 Å². The quantitative estimate of drug-likeness (QED) is 0.879. The second kappa shape index (κ2) is 5.42. The Labute approximate surface area is 115 Å². The molecule has 0 aliphatic carbocycles. The topological polar surface area (TPSA) is 61.0 Å². The average Bonchev–Trinajstić information content (AvgIpc) is 2.33. The lowest BCUT2D eigenvalue weighted by atomic mass is 10.2. The molecular weight excluding hydrogens is 273 g/mol. The van der Waals surface area contributed by atoms with Crippen molar-refractivity contribution in [2.24, 2.45) is 0 Å². The lowest BCUT2D eigenvalue weighted by Crippen LogP contribution is -2.04. The van der Waals surface area contributed by atoms with Crippen LogP contribution in [-0.2, 0) is 6.61 Å². The van der Waals surface area contributed by atoms with E-state index in [2.05, 4.69) is 9.97 Å². The Morgan fingerprint density at radius 3 is 2.67 bits per heavy atom. The number of aryl methyl sites for hydroxylation is 1. The predicted octanol–water partition coefficient (Wildman–Crippen LogP) is 3.25. The Hall–Kier alpha value is -1.52. The van der Waals surface area contributed by atoms with Gasteiger partial charge in [-0.1, -0.05) is 29.8 Å². The SMILES string of the molecule is Cc1nc(Cl)nc(OCc2ccccc2Cl)c1N. The van der Waals surface area contributed by atoms with Crippen LogP contribution in [0.3, 0.4) is 0 Å². The van der Waals surface area contributed by atoms with E-state index >= 15 is 0 Å². The van der Waals surface area contributed by atoms with Gasteiger partial charge in [-0.15, -0.1) is 0 Å². The van der Waals surface area contributed by atoms with Crippen LogP contribution in [0, 0.1) is 6.92 Å². The van der Waals surface area contributed by atoms with Crippen molar-refractivity contribution in [2.45, 2.75) is 13.5 Å². The van der Waals surface area contributed by atoms with Gasteiger partial charge in [-0.2, -0.15) is 4.98 Å². The maximum Gasteiger partial charge on any atom is 0.242 e. The fraction of sp³-hybridized carbons (Fsp3) is 0.167. The van der Waals surface area contributed by atoms with E-state index in [1.807, 2.05) is 18.2 Å². The number of benzene rings is 1. The number of aromatic nitrogens is 2. The second-order valence-electron chi connectivity index (χ2n) is 3.68. The Morgan fingerprint density at radius 2 is 1.94 bits per heavy atom. The van der Waals surface area contributed by atoms with E-state index in [0.29, 0.717) is 16.4 Å². The van der Waals surface area contributed by atoms with Crippen LogP contribution in [0.4, 0.5) is 5.69 Å². The summed E-state index contributed by atoms with van der Waals surface area (Å²) in [4.78, 5) is 7.87. The normalized spacial score (nSPS) is 10.4. The summed E-state index contributed by atoms with van der Waals surface area (Å²) in [6, 6.07) is 7.40. The summed E-state index contributed by atoms with van der Waals surface area (Å²) in [5, 5.41) is 0.740. The first kappa shape index (κ1) is 12.9. The molecule has 0 unspecified atom stereocenters. The minimum atomic E-state index is 0.107. The standard InChI is InChI=1S/C12H11Cl2N3O/c1-7-10(15)11(17-12(14)16-7)18-6-8-4-2-3-5-9(8)13/h2-5H,6,15H2,1H3. The van der Waals surface area contributed by atoms with Gasteiger partial charge in [-0.05, 0) is 24.6 Å². The Morgan fingerprint density at radius 1 is 1.22 bits per heavy atom. The van der Waals surface area contributed by atoms with Gasteiger partial charge in [0, 0.05) is 10.6 Å². The number of nitrogens with two attached hydrogens (primary N) is 1. The number of hydrogen-bond acceptors (Lipinski definition) is 4. The number of rotatable bonds is 3. The lowest BCUT2D eigenvalue weighted by molar-refractivity contribution is 0.295. The van der Waals surface area contributed by atoms with Crippen molar-refractivity contribution < 1.29 is 4.74 Å². The van der Waals surface area contributed by atoms with Gasteiger partial charge in [0.15, 0.2) is 0 Å². The molecule has 4 nitrogen and oxygen atoms in total. The molecule has 0 aliphatic rings. The maximum atomic E-state index is 6.02. The highest BCUT2D eigenvalue weighted by Gasteiger charge is 2.09. The van der Waals surface area contributed by atoms with Gasteiger partial charge in [0.1, 0.15) is 12.3 Å². The summed E-state index contributed by atoms with van der Waals surface area (Å²) in [5.41, 5.74) is 7.63. The third-order valence-corrected chi connectivity index (χ3v) is 2.93. The van der Waals surface area contributed by atoms with Crippen molar-refractivity contribution in [3.05, 3.63) is 45.8 Å². The number of nitrogens with zero attached hydrogens (tertiary/aromatic N) is 2. The molecule has 0 saturated carbocycles. The zero-order valence-corrected chi connectivity index (χ0v) is 11.2. The molecule has 0 amide bonds. The lowest BCUT2D eigenvalue weighted by Gasteiger charge is -2.10. The Bertz CT molecular complexity index is 575. The van der Waals surface area contributed by atoms with Crippen LogP contribution in [0.25, 0.3) is 0 Å². The number of nitrogen functional groups attached to an aromatic ring is 1. The highest BCUT2D eigenvalue weighted by Crippen LogP contribution is 2.25. The van der Waals surface area contributed by atoms with E-state index in [0.717, 1.165) is 5.56 Å². The number of anilines is 1. The summed E-state index contributed by atoms with van der Waals surface area (Å²) in [6.45, 7) is 2.02. The van der Waals surface area contributed by atoms with Gasteiger partial charge in [0.2, 0.25) is 11.2 Å². The first-order chi connectivity index (χ1) is 8.58. The molecule has 0 aliphatic heterocycles. The van der Waals surface area contributed by atoms with Crippen LogP contribution in [0.5, 0.6) is 5.88 Å². The first-order valence-corrected chi connectivity index (χ1v) is 5.99. The highest BCUT2D eigenvalue weighted by molar-refractivity contribution is 6.31. The third kappa shape index (κ3) is 2.83. The fourth-order valence-corrected chi connectivity index (χ4v) is 1.79. The average molecular weight is 284 g/mol. The monoisotopic (exact) mass is 283 g/mol. The number of hydrogen-bond donors (Lipinski definition) is 1. The summed E-state index contributed by atoms with van der Waals surface area (Å²) < 4.78 is 5.52. The summed E-state index contributed by atoms with van der Waals surface area (Å²) in [7, 11) is 0. The Kier molecular flexibility index (Phi) is 3.89. The molecule has 0 atom stereocenters. The first-order valence-electron chi connectivity index (χ1n) is 5.23. The van der Waals surface area contributed by atoms with Crippen molar-refractivity contribution in [3.63, 3.8) is 0 Å². The van der Waals surface area contributed by atoms with Crippen molar-refractivity contribution in [1.82, 2.24) is 9.97 Å². The molecule has 0 fully saturated rings. The number of ether oxygens (including phenoxy) is 1. The molecule has 0 spiro atoms. The third-order valence-electron chi connectivity index (χ3n) is 2.40. The summed E-state index contributed by atoms with van der Waals surface area (Å²) in [5.74, 6) is 0.271. The molecule has 0 saturated heterocycles. The van der Waals surface area contributed by atoms with E-state index in [4.69, 9.17) is 33.7 Å². The smallest absolute Gasteiger partial charge is 0.242 e. The summed E-state index contributed by atoms with van der Waals surface area (Å²) >= 11 is 11.8. The van der Waals surface area contributed by atoms with Crippen LogP contribution < -0.4 is 10.5 Å². The van der Waals surface area contributed by atoms with Crippen LogP contribution in [0.2, 0.25) is 10.3 Å². The van der Waals surface area contributed by atoms with E-state index in [-0.39, 0.29) is 17.8 Å².